The maximum absolute atomic E-state index is 11.6. The highest BCUT2D eigenvalue weighted by atomic mass is 16.1. The van der Waals surface area contributed by atoms with Crippen molar-refractivity contribution >= 4 is 29.0 Å². The molecule has 1 aliphatic heterocycles. The predicted octanol–water partition coefficient (Wildman–Crippen LogP) is 3.85. The highest BCUT2D eigenvalue weighted by molar-refractivity contribution is 5.94. The quantitative estimate of drug-likeness (QED) is 0.486. The molecule has 0 bridgehead atoms. The van der Waals surface area contributed by atoms with Gasteiger partial charge in [-0.1, -0.05) is 0 Å². The molecule has 0 radical (unpaired) electrons. The molecule has 0 saturated heterocycles. The fourth-order valence-corrected chi connectivity index (χ4v) is 4.34. The number of nitrogens with one attached hydrogen (secondary N) is 3. The average Bonchev–Trinajstić information content (AvgIpc) is 2.81. The van der Waals surface area contributed by atoms with E-state index in [1.807, 2.05) is 36.5 Å². The zero-order valence-corrected chi connectivity index (χ0v) is 17.8. The summed E-state index contributed by atoms with van der Waals surface area (Å²) in [5, 5.41) is 9.87. The van der Waals surface area contributed by atoms with E-state index in [0.29, 0.717) is 24.5 Å². The van der Waals surface area contributed by atoms with Gasteiger partial charge in [-0.05, 0) is 73.6 Å². The SMILES string of the molecule is NC1CCC(Nc2nc(Nc3ccc4c(c3)CCC(=O)N4)ncc2-c2ccncc2)CC1. The van der Waals surface area contributed by atoms with Gasteiger partial charge in [0, 0.05) is 54.0 Å². The topological polar surface area (TPSA) is 118 Å². The van der Waals surface area contributed by atoms with Crippen molar-refractivity contribution in [2.75, 3.05) is 16.0 Å². The minimum atomic E-state index is 0.0626. The van der Waals surface area contributed by atoms with Crippen molar-refractivity contribution in [3.05, 3.63) is 54.5 Å². The molecule has 1 amide bonds. The Hall–Kier alpha value is -3.52. The van der Waals surface area contributed by atoms with Crippen molar-refractivity contribution in [1.82, 2.24) is 15.0 Å². The van der Waals surface area contributed by atoms with Crippen LogP contribution in [0.25, 0.3) is 11.1 Å². The number of benzene rings is 1. The summed E-state index contributed by atoms with van der Waals surface area (Å²) in [5.41, 5.74) is 10.9. The van der Waals surface area contributed by atoms with Gasteiger partial charge in [0.25, 0.3) is 0 Å². The van der Waals surface area contributed by atoms with Gasteiger partial charge in [0.15, 0.2) is 0 Å². The first-order chi connectivity index (χ1) is 15.6. The molecule has 1 saturated carbocycles. The Labute approximate surface area is 187 Å². The van der Waals surface area contributed by atoms with Gasteiger partial charge >= 0.3 is 0 Å². The predicted molar refractivity (Wildman–Crippen MR) is 126 cm³/mol. The first-order valence-corrected chi connectivity index (χ1v) is 11.1. The molecule has 1 fully saturated rings. The van der Waals surface area contributed by atoms with Crippen LogP contribution in [0.5, 0.6) is 0 Å². The first kappa shape index (κ1) is 20.4. The lowest BCUT2D eigenvalue weighted by molar-refractivity contribution is -0.116. The Balaban J connectivity index is 1.41. The Morgan fingerprint density at radius 3 is 2.66 bits per heavy atom. The number of nitrogens with two attached hydrogens (primary N) is 1. The maximum Gasteiger partial charge on any atom is 0.229 e. The number of carbonyl (C=O) groups excluding carboxylic acids is 1. The summed E-state index contributed by atoms with van der Waals surface area (Å²) in [7, 11) is 0. The maximum atomic E-state index is 11.6. The summed E-state index contributed by atoms with van der Waals surface area (Å²) in [6, 6.07) is 10.5. The smallest absolute Gasteiger partial charge is 0.229 e. The third-order valence-corrected chi connectivity index (χ3v) is 6.15. The lowest BCUT2D eigenvalue weighted by Crippen LogP contribution is -2.33. The number of rotatable bonds is 5. The van der Waals surface area contributed by atoms with Crippen LogP contribution in [-0.2, 0) is 11.2 Å². The van der Waals surface area contributed by atoms with Crippen LogP contribution in [0.3, 0.4) is 0 Å². The molecule has 5 N–H and O–H groups in total. The number of hydrogen-bond acceptors (Lipinski definition) is 7. The monoisotopic (exact) mass is 429 g/mol. The minimum Gasteiger partial charge on any atom is -0.367 e. The molecule has 2 aromatic heterocycles. The zero-order chi connectivity index (χ0) is 21.9. The van der Waals surface area contributed by atoms with Gasteiger partial charge < -0.3 is 21.7 Å². The van der Waals surface area contributed by atoms with E-state index in [1.54, 1.807) is 12.4 Å². The van der Waals surface area contributed by atoms with Crippen molar-refractivity contribution < 1.29 is 4.79 Å². The van der Waals surface area contributed by atoms with Crippen LogP contribution in [0.2, 0.25) is 0 Å². The van der Waals surface area contributed by atoms with Gasteiger partial charge in [0.05, 0.1) is 0 Å². The number of aryl methyl sites for hydroxylation is 1. The van der Waals surface area contributed by atoms with Gasteiger partial charge in [-0.15, -0.1) is 0 Å². The van der Waals surface area contributed by atoms with Crippen LogP contribution in [0.1, 0.15) is 37.7 Å². The van der Waals surface area contributed by atoms with Crippen molar-refractivity contribution in [3.8, 4) is 11.1 Å². The molecular weight excluding hydrogens is 402 g/mol. The Bertz CT molecular complexity index is 1110. The second kappa shape index (κ2) is 8.92. The minimum absolute atomic E-state index is 0.0626. The van der Waals surface area contributed by atoms with Crippen molar-refractivity contribution in [2.24, 2.45) is 5.73 Å². The van der Waals surface area contributed by atoms with Crippen LogP contribution in [0.15, 0.2) is 48.9 Å². The fraction of sp³-hybridized carbons (Fsp3) is 0.333. The molecule has 3 aromatic rings. The van der Waals surface area contributed by atoms with E-state index in [4.69, 9.17) is 10.7 Å². The summed E-state index contributed by atoms with van der Waals surface area (Å²) in [5.74, 6) is 1.39. The Kier molecular flexibility index (Phi) is 5.68. The van der Waals surface area contributed by atoms with Crippen LogP contribution in [0, 0.1) is 0 Å². The zero-order valence-electron chi connectivity index (χ0n) is 17.8. The van der Waals surface area contributed by atoms with E-state index in [-0.39, 0.29) is 5.91 Å². The van der Waals surface area contributed by atoms with Gasteiger partial charge in [-0.25, -0.2) is 4.98 Å². The molecule has 0 atom stereocenters. The molecule has 3 heterocycles. The number of fused-ring (bicyclic) bond motifs is 1. The highest BCUT2D eigenvalue weighted by Gasteiger charge is 2.21. The molecule has 1 aromatic carbocycles. The van der Waals surface area contributed by atoms with E-state index in [1.165, 1.54) is 0 Å². The average molecular weight is 430 g/mol. The highest BCUT2D eigenvalue weighted by Crippen LogP contribution is 2.31. The summed E-state index contributed by atoms with van der Waals surface area (Å²) in [4.78, 5) is 25.1. The van der Waals surface area contributed by atoms with Crippen LogP contribution in [0.4, 0.5) is 23.1 Å². The lowest BCUT2D eigenvalue weighted by atomic mass is 9.91. The lowest BCUT2D eigenvalue weighted by Gasteiger charge is -2.28. The summed E-state index contributed by atoms with van der Waals surface area (Å²) in [6.07, 6.45) is 10.7. The van der Waals surface area contributed by atoms with E-state index >= 15 is 0 Å². The molecule has 0 unspecified atom stereocenters. The second-order valence-electron chi connectivity index (χ2n) is 8.49. The molecule has 0 spiro atoms. The molecule has 164 valence electrons. The second-order valence-corrected chi connectivity index (χ2v) is 8.49. The van der Waals surface area contributed by atoms with E-state index < -0.39 is 0 Å². The number of nitrogens with zero attached hydrogens (tertiary/aromatic N) is 3. The molecular formula is C24H27N7O. The van der Waals surface area contributed by atoms with Gasteiger partial charge in [-0.2, -0.15) is 4.98 Å². The van der Waals surface area contributed by atoms with E-state index in [9.17, 15) is 4.79 Å². The number of hydrogen-bond donors (Lipinski definition) is 4. The summed E-state index contributed by atoms with van der Waals surface area (Å²) >= 11 is 0. The molecule has 8 heteroatoms. The Morgan fingerprint density at radius 1 is 1.03 bits per heavy atom. The Morgan fingerprint density at radius 2 is 1.84 bits per heavy atom. The summed E-state index contributed by atoms with van der Waals surface area (Å²) in [6.45, 7) is 0. The van der Waals surface area contributed by atoms with Crippen molar-refractivity contribution in [1.29, 1.82) is 0 Å². The van der Waals surface area contributed by atoms with E-state index in [0.717, 1.165) is 66.0 Å². The number of aromatic nitrogens is 3. The van der Waals surface area contributed by atoms with Gasteiger partial charge in [0.1, 0.15) is 5.82 Å². The first-order valence-electron chi connectivity index (χ1n) is 11.1. The number of amides is 1. The fourth-order valence-electron chi connectivity index (χ4n) is 4.34. The van der Waals surface area contributed by atoms with Crippen molar-refractivity contribution in [3.63, 3.8) is 0 Å². The summed E-state index contributed by atoms with van der Waals surface area (Å²) < 4.78 is 0. The van der Waals surface area contributed by atoms with Gasteiger partial charge in [0.2, 0.25) is 11.9 Å². The molecule has 5 rings (SSSR count). The number of pyridine rings is 1. The number of anilines is 4. The van der Waals surface area contributed by atoms with Crippen LogP contribution >= 0.6 is 0 Å². The third kappa shape index (κ3) is 4.55. The van der Waals surface area contributed by atoms with Crippen LogP contribution < -0.4 is 21.7 Å². The molecule has 1 aliphatic carbocycles. The standard InChI is InChI=1S/C24H27N7O/c25-17-2-4-18(5-3-17)28-23-20(15-9-11-26-12-10-15)14-27-24(31-23)29-19-6-7-21-16(13-19)1-8-22(32)30-21/h6-7,9-14,17-18H,1-5,8,25H2,(H,30,32)(H2,27,28,29,31). The largest absolute Gasteiger partial charge is 0.367 e. The molecule has 2 aliphatic rings. The number of carbonyl (C=O) groups is 1. The third-order valence-electron chi connectivity index (χ3n) is 6.15. The van der Waals surface area contributed by atoms with Crippen molar-refractivity contribution in [2.45, 2.75) is 50.6 Å². The molecule has 32 heavy (non-hydrogen) atoms. The van der Waals surface area contributed by atoms with Crippen LogP contribution in [-0.4, -0.2) is 32.9 Å². The van der Waals surface area contributed by atoms with Gasteiger partial charge in [-0.3, -0.25) is 9.78 Å². The molecule has 8 nitrogen and oxygen atoms in total. The van der Waals surface area contributed by atoms with E-state index in [2.05, 4.69) is 25.9 Å². The normalized spacial score (nSPS) is 20.2.